The molecule has 0 spiro atoms. The van der Waals surface area contributed by atoms with Gasteiger partial charge in [0.05, 0.1) is 0 Å². The highest BCUT2D eigenvalue weighted by molar-refractivity contribution is 5.53. The van der Waals surface area contributed by atoms with E-state index < -0.39 is 0 Å². The number of hydrogen-bond acceptors (Lipinski definition) is 3. The highest BCUT2D eigenvalue weighted by Gasteiger charge is 2.08. The highest BCUT2D eigenvalue weighted by Crippen LogP contribution is 2.15. The van der Waals surface area contributed by atoms with Crippen LogP contribution in [0.25, 0.3) is 11.4 Å². The summed E-state index contributed by atoms with van der Waals surface area (Å²) in [4.78, 5) is 4.60. The molecule has 4 heteroatoms. The molecular weight excluding hydrogens is 224 g/mol. The molecule has 96 valence electrons. The quantitative estimate of drug-likeness (QED) is 0.792. The van der Waals surface area contributed by atoms with E-state index in [0.717, 1.165) is 49.4 Å². The fourth-order valence-electron chi connectivity index (χ4n) is 1.95. The molecule has 0 aliphatic rings. The largest absolute Gasteiger partial charge is 0.330 e. The van der Waals surface area contributed by atoms with Crippen molar-refractivity contribution in [2.45, 2.75) is 25.7 Å². The van der Waals surface area contributed by atoms with Crippen molar-refractivity contribution in [3.05, 3.63) is 36.2 Å². The summed E-state index contributed by atoms with van der Waals surface area (Å²) in [7, 11) is 1.96. The molecule has 1 heterocycles. The molecule has 0 radical (unpaired) electrons. The fourth-order valence-corrected chi connectivity index (χ4v) is 1.95. The Morgan fingerprint density at radius 1 is 1.11 bits per heavy atom. The van der Waals surface area contributed by atoms with Gasteiger partial charge in [0, 0.05) is 19.0 Å². The van der Waals surface area contributed by atoms with Crippen LogP contribution in [-0.4, -0.2) is 21.3 Å². The zero-order valence-electron chi connectivity index (χ0n) is 10.8. The number of aromatic nitrogens is 3. The average molecular weight is 244 g/mol. The molecule has 2 N–H and O–H groups in total. The molecule has 0 aliphatic carbocycles. The first-order chi connectivity index (χ1) is 8.81. The van der Waals surface area contributed by atoms with E-state index >= 15 is 0 Å². The van der Waals surface area contributed by atoms with E-state index in [1.54, 1.807) is 0 Å². The van der Waals surface area contributed by atoms with E-state index in [-0.39, 0.29) is 0 Å². The molecule has 18 heavy (non-hydrogen) atoms. The van der Waals surface area contributed by atoms with Crippen molar-refractivity contribution in [1.82, 2.24) is 14.8 Å². The van der Waals surface area contributed by atoms with Crippen LogP contribution in [0, 0.1) is 0 Å². The summed E-state index contributed by atoms with van der Waals surface area (Å²) in [6.45, 7) is 0.772. The molecule has 0 bridgehead atoms. The molecule has 2 aromatic rings. The first-order valence-electron chi connectivity index (χ1n) is 6.46. The van der Waals surface area contributed by atoms with Gasteiger partial charge in [0.2, 0.25) is 0 Å². The Bertz CT molecular complexity index is 476. The number of nitrogens with two attached hydrogens (primary N) is 1. The number of hydrogen-bond donors (Lipinski definition) is 1. The third kappa shape index (κ3) is 3.17. The first-order valence-corrected chi connectivity index (χ1v) is 6.46. The van der Waals surface area contributed by atoms with E-state index in [9.17, 15) is 0 Å². The van der Waals surface area contributed by atoms with E-state index in [2.05, 4.69) is 10.1 Å². The van der Waals surface area contributed by atoms with Crippen molar-refractivity contribution in [2.75, 3.05) is 6.54 Å². The summed E-state index contributed by atoms with van der Waals surface area (Å²) in [5, 5.41) is 4.46. The fraction of sp³-hybridized carbons (Fsp3) is 0.429. The van der Waals surface area contributed by atoms with Gasteiger partial charge in [0.15, 0.2) is 5.82 Å². The molecule has 2 rings (SSSR count). The number of rotatable bonds is 6. The van der Waals surface area contributed by atoms with Crippen molar-refractivity contribution < 1.29 is 0 Å². The molecule has 4 nitrogen and oxygen atoms in total. The van der Waals surface area contributed by atoms with Crippen molar-refractivity contribution in [2.24, 2.45) is 12.8 Å². The molecule has 0 fully saturated rings. The third-order valence-electron chi connectivity index (χ3n) is 2.99. The van der Waals surface area contributed by atoms with Crippen LogP contribution in [0.4, 0.5) is 0 Å². The Morgan fingerprint density at radius 2 is 1.89 bits per heavy atom. The van der Waals surface area contributed by atoms with Gasteiger partial charge in [-0.15, -0.1) is 0 Å². The average Bonchev–Trinajstić information content (AvgIpc) is 2.77. The van der Waals surface area contributed by atoms with Gasteiger partial charge in [-0.25, -0.2) is 4.98 Å². The molecule has 0 saturated carbocycles. The molecule has 1 aromatic heterocycles. The predicted octanol–water partition coefficient (Wildman–Crippen LogP) is 2.15. The zero-order valence-corrected chi connectivity index (χ0v) is 10.8. The standard InChI is InChI=1S/C14H20N4/c1-18-13(10-6-3-7-11-15)16-14(17-18)12-8-4-2-5-9-12/h2,4-5,8-9H,3,6-7,10-11,15H2,1H3. The number of benzene rings is 1. The summed E-state index contributed by atoms with van der Waals surface area (Å²) in [6.07, 6.45) is 4.34. The van der Waals surface area contributed by atoms with Crippen LogP contribution >= 0.6 is 0 Å². The van der Waals surface area contributed by atoms with Crippen molar-refractivity contribution in [3.63, 3.8) is 0 Å². The summed E-state index contributed by atoms with van der Waals surface area (Å²) in [5.41, 5.74) is 6.56. The SMILES string of the molecule is Cn1nc(-c2ccccc2)nc1CCCCCN. The second-order valence-corrected chi connectivity index (χ2v) is 4.44. The van der Waals surface area contributed by atoms with Crippen molar-refractivity contribution >= 4 is 0 Å². The van der Waals surface area contributed by atoms with Gasteiger partial charge in [-0.05, 0) is 19.4 Å². The first kappa shape index (κ1) is 12.8. The smallest absolute Gasteiger partial charge is 0.181 e. The second-order valence-electron chi connectivity index (χ2n) is 4.44. The normalized spacial score (nSPS) is 10.8. The number of unbranched alkanes of at least 4 members (excludes halogenated alkanes) is 2. The van der Waals surface area contributed by atoms with Gasteiger partial charge < -0.3 is 5.73 Å². The van der Waals surface area contributed by atoms with Gasteiger partial charge >= 0.3 is 0 Å². The maximum atomic E-state index is 5.48. The summed E-state index contributed by atoms with van der Waals surface area (Å²) in [5.74, 6) is 1.86. The predicted molar refractivity (Wildman–Crippen MR) is 73.0 cm³/mol. The van der Waals surface area contributed by atoms with E-state index in [4.69, 9.17) is 5.73 Å². The Hall–Kier alpha value is -1.68. The van der Waals surface area contributed by atoms with E-state index in [1.807, 2.05) is 42.1 Å². The Kier molecular flexibility index (Phi) is 4.47. The van der Waals surface area contributed by atoms with Crippen LogP contribution in [0.15, 0.2) is 30.3 Å². The minimum absolute atomic E-state index is 0.772. The molecule has 1 aromatic carbocycles. The van der Waals surface area contributed by atoms with Gasteiger partial charge in [0.1, 0.15) is 5.82 Å². The highest BCUT2D eigenvalue weighted by atomic mass is 15.3. The lowest BCUT2D eigenvalue weighted by Crippen LogP contribution is -2.01. The van der Waals surface area contributed by atoms with Gasteiger partial charge in [-0.1, -0.05) is 36.8 Å². The Morgan fingerprint density at radius 3 is 2.61 bits per heavy atom. The lowest BCUT2D eigenvalue weighted by Gasteiger charge is -1.98. The van der Waals surface area contributed by atoms with E-state index in [1.165, 1.54) is 0 Å². The number of aryl methyl sites for hydroxylation is 2. The van der Waals surface area contributed by atoms with Crippen LogP contribution in [0.1, 0.15) is 25.1 Å². The summed E-state index contributed by atoms with van der Waals surface area (Å²) < 4.78 is 1.88. The van der Waals surface area contributed by atoms with Gasteiger partial charge in [-0.3, -0.25) is 4.68 Å². The molecule has 0 aliphatic heterocycles. The summed E-state index contributed by atoms with van der Waals surface area (Å²) in [6, 6.07) is 10.1. The van der Waals surface area contributed by atoms with Gasteiger partial charge in [0.25, 0.3) is 0 Å². The molecule has 0 amide bonds. The minimum Gasteiger partial charge on any atom is -0.330 e. The molecular formula is C14H20N4. The van der Waals surface area contributed by atoms with Crippen LogP contribution in [0.5, 0.6) is 0 Å². The Balaban J connectivity index is 2.03. The zero-order chi connectivity index (χ0) is 12.8. The lowest BCUT2D eigenvalue weighted by molar-refractivity contribution is 0.631. The molecule has 0 saturated heterocycles. The molecule has 0 atom stereocenters. The third-order valence-corrected chi connectivity index (χ3v) is 2.99. The number of nitrogens with zero attached hydrogens (tertiary/aromatic N) is 3. The summed E-state index contributed by atoms with van der Waals surface area (Å²) >= 11 is 0. The second kappa shape index (κ2) is 6.31. The van der Waals surface area contributed by atoms with Crippen LogP contribution in [0.2, 0.25) is 0 Å². The lowest BCUT2D eigenvalue weighted by atomic mass is 10.2. The van der Waals surface area contributed by atoms with E-state index in [0.29, 0.717) is 0 Å². The topological polar surface area (TPSA) is 56.7 Å². The van der Waals surface area contributed by atoms with Crippen molar-refractivity contribution in [1.29, 1.82) is 0 Å². The maximum Gasteiger partial charge on any atom is 0.181 e. The van der Waals surface area contributed by atoms with Crippen LogP contribution < -0.4 is 5.73 Å². The van der Waals surface area contributed by atoms with Gasteiger partial charge in [-0.2, -0.15) is 5.10 Å². The van der Waals surface area contributed by atoms with Crippen LogP contribution in [0.3, 0.4) is 0 Å². The molecule has 0 unspecified atom stereocenters. The Labute approximate surface area is 108 Å². The minimum atomic E-state index is 0.772. The monoisotopic (exact) mass is 244 g/mol. The maximum absolute atomic E-state index is 5.48. The van der Waals surface area contributed by atoms with Crippen molar-refractivity contribution in [3.8, 4) is 11.4 Å². The van der Waals surface area contributed by atoms with Crippen LogP contribution in [-0.2, 0) is 13.5 Å².